The first-order valence-corrected chi connectivity index (χ1v) is 9.13. The van der Waals surface area contributed by atoms with E-state index in [1.165, 1.54) is 37.0 Å². The summed E-state index contributed by atoms with van der Waals surface area (Å²) in [6.07, 6.45) is 9.26. The van der Waals surface area contributed by atoms with Gasteiger partial charge < -0.3 is 10.1 Å². The zero-order valence-electron chi connectivity index (χ0n) is 13.0. The van der Waals surface area contributed by atoms with Crippen molar-refractivity contribution in [3.63, 3.8) is 0 Å². The van der Waals surface area contributed by atoms with Crippen molar-refractivity contribution in [1.82, 2.24) is 4.98 Å². The van der Waals surface area contributed by atoms with Crippen molar-refractivity contribution in [3.8, 4) is 5.75 Å². The van der Waals surface area contributed by atoms with E-state index < -0.39 is 0 Å². The molecule has 0 saturated heterocycles. The van der Waals surface area contributed by atoms with Crippen molar-refractivity contribution in [2.24, 2.45) is 0 Å². The molecule has 4 rings (SSSR count). The second-order valence-corrected chi connectivity index (χ2v) is 7.40. The Morgan fingerprint density at radius 2 is 1.87 bits per heavy atom. The predicted octanol–water partition coefficient (Wildman–Crippen LogP) is 4.59. The Hall–Kier alpha value is -1.88. The molecule has 0 aliphatic heterocycles. The SMILES string of the molecule is O=C(Nc1ccc(OC2CCCC2)cc1)c1cnc(C2CC2)s1. The average molecular weight is 328 g/mol. The lowest BCUT2D eigenvalue weighted by Gasteiger charge is -2.13. The van der Waals surface area contributed by atoms with Crippen molar-refractivity contribution < 1.29 is 9.53 Å². The Balaban J connectivity index is 1.36. The average Bonchev–Trinajstić information content (AvgIpc) is 3.08. The molecule has 0 atom stereocenters. The molecule has 2 aromatic rings. The first-order chi connectivity index (χ1) is 11.3. The number of thiazole rings is 1. The van der Waals surface area contributed by atoms with Gasteiger partial charge in [-0.05, 0) is 62.8 Å². The van der Waals surface area contributed by atoms with Crippen molar-refractivity contribution in [2.75, 3.05) is 5.32 Å². The van der Waals surface area contributed by atoms with Crippen LogP contribution in [-0.2, 0) is 0 Å². The molecule has 0 bridgehead atoms. The van der Waals surface area contributed by atoms with Crippen LogP contribution in [0.2, 0.25) is 0 Å². The van der Waals surface area contributed by atoms with Gasteiger partial charge in [-0.25, -0.2) is 4.98 Å². The number of amides is 1. The molecule has 5 heteroatoms. The third kappa shape index (κ3) is 3.55. The molecular weight excluding hydrogens is 308 g/mol. The first kappa shape index (κ1) is 14.7. The minimum atomic E-state index is -0.0844. The molecule has 1 aromatic heterocycles. The van der Waals surface area contributed by atoms with E-state index in [2.05, 4.69) is 10.3 Å². The molecular formula is C18H20N2O2S. The maximum absolute atomic E-state index is 12.3. The molecule has 2 fully saturated rings. The molecule has 2 aliphatic rings. The van der Waals surface area contributed by atoms with Crippen LogP contribution in [0.5, 0.6) is 5.75 Å². The van der Waals surface area contributed by atoms with Gasteiger partial charge in [-0.1, -0.05) is 0 Å². The lowest BCUT2D eigenvalue weighted by molar-refractivity contribution is 0.103. The molecule has 0 radical (unpaired) electrons. The highest BCUT2D eigenvalue weighted by molar-refractivity contribution is 7.13. The summed E-state index contributed by atoms with van der Waals surface area (Å²) in [6.45, 7) is 0. The monoisotopic (exact) mass is 328 g/mol. The van der Waals surface area contributed by atoms with E-state index in [9.17, 15) is 4.79 Å². The lowest BCUT2D eigenvalue weighted by Crippen LogP contribution is -2.12. The summed E-state index contributed by atoms with van der Waals surface area (Å²) in [5.41, 5.74) is 0.787. The lowest BCUT2D eigenvalue weighted by atomic mass is 10.2. The van der Waals surface area contributed by atoms with Gasteiger partial charge in [0.15, 0.2) is 0 Å². The summed E-state index contributed by atoms with van der Waals surface area (Å²) >= 11 is 1.51. The fourth-order valence-corrected chi connectivity index (χ4v) is 3.90. The van der Waals surface area contributed by atoms with Gasteiger partial charge in [0, 0.05) is 11.6 Å². The maximum Gasteiger partial charge on any atom is 0.267 e. The maximum atomic E-state index is 12.3. The van der Waals surface area contributed by atoms with Crippen LogP contribution in [0.4, 0.5) is 5.69 Å². The van der Waals surface area contributed by atoms with Crippen LogP contribution in [0.15, 0.2) is 30.5 Å². The van der Waals surface area contributed by atoms with Gasteiger partial charge in [0.25, 0.3) is 5.91 Å². The van der Waals surface area contributed by atoms with Crippen LogP contribution in [0.1, 0.15) is 59.1 Å². The normalized spacial score (nSPS) is 18.1. The van der Waals surface area contributed by atoms with Gasteiger partial charge in [-0.15, -0.1) is 11.3 Å². The van der Waals surface area contributed by atoms with Gasteiger partial charge in [0.2, 0.25) is 0 Å². The minimum absolute atomic E-state index is 0.0844. The molecule has 1 N–H and O–H groups in total. The van der Waals surface area contributed by atoms with Crippen LogP contribution < -0.4 is 10.1 Å². The zero-order chi connectivity index (χ0) is 15.6. The number of ether oxygens (including phenoxy) is 1. The van der Waals surface area contributed by atoms with E-state index in [0.717, 1.165) is 29.3 Å². The van der Waals surface area contributed by atoms with Crippen molar-refractivity contribution in [2.45, 2.75) is 50.5 Å². The third-order valence-corrected chi connectivity index (χ3v) is 5.55. The number of nitrogens with one attached hydrogen (secondary N) is 1. The van der Waals surface area contributed by atoms with Crippen molar-refractivity contribution >= 4 is 22.9 Å². The van der Waals surface area contributed by atoms with E-state index in [1.807, 2.05) is 24.3 Å². The van der Waals surface area contributed by atoms with E-state index >= 15 is 0 Å². The van der Waals surface area contributed by atoms with E-state index in [4.69, 9.17) is 4.74 Å². The highest BCUT2D eigenvalue weighted by Crippen LogP contribution is 2.41. The molecule has 4 nitrogen and oxygen atoms in total. The summed E-state index contributed by atoms with van der Waals surface area (Å²) in [7, 11) is 0. The molecule has 2 saturated carbocycles. The molecule has 1 aromatic carbocycles. The Morgan fingerprint density at radius 3 is 2.57 bits per heavy atom. The number of carbonyl (C=O) groups excluding carboxylic acids is 1. The molecule has 120 valence electrons. The summed E-state index contributed by atoms with van der Waals surface area (Å²) in [6, 6.07) is 7.64. The van der Waals surface area contributed by atoms with Gasteiger partial charge in [-0.3, -0.25) is 4.79 Å². The fraction of sp³-hybridized carbons (Fsp3) is 0.444. The van der Waals surface area contributed by atoms with Crippen molar-refractivity contribution in [3.05, 3.63) is 40.3 Å². The molecule has 0 unspecified atom stereocenters. The zero-order valence-corrected chi connectivity index (χ0v) is 13.8. The smallest absolute Gasteiger partial charge is 0.267 e. The number of benzene rings is 1. The van der Waals surface area contributed by atoms with Gasteiger partial charge >= 0.3 is 0 Å². The van der Waals surface area contributed by atoms with Gasteiger partial charge in [-0.2, -0.15) is 0 Å². The molecule has 0 spiro atoms. The van der Waals surface area contributed by atoms with Crippen LogP contribution in [0.25, 0.3) is 0 Å². The molecule has 2 aliphatic carbocycles. The standard InChI is InChI=1S/C18H20N2O2S/c21-17(16-11-19-18(23-16)12-5-6-12)20-13-7-9-15(10-8-13)22-14-3-1-2-4-14/h7-12,14H,1-6H2,(H,20,21). The summed E-state index contributed by atoms with van der Waals surface area (Å²) in [4.78, 5) is 17.3. The molecule has 1 amide bonds. The highest BCUT2D eigenvalue weighted by atomic mass is 32.1. The van der Waals surface area contributed by atoms with E-state index in [0.29, 0.717) is 16.9 Å². The largest absolute Gasteiger partial charge is 0.490 e. The summed E-state index contributed by atoms with van der Waals surface area (Å²) < 4.78 is 5.94. The topological polar surface area (TPSA) is 51.2 Å². The van der Waals surface area contributed by atoms with E-state index in [1.54, 1.807) is 6.20 Å². The number of aromatic nitrogens is 1. The molecule has 23 heavy (non-hydrogen) atoms. The van der Waals surface area contributed by atoms with Gasteiger partial charge in [0.1, 0.15) is 10.6 Å². The van der Waals surface area contributed by atoms with Crippen molar-refractivity contribution in [1.29, 1.82) is 0 Å². The fourth-order valence-electron chi connectivity index (χ4n) is 2.92. The molecule has 1 heterocycles. The predicted molar refractivity (Wildman–Crippen MR) is 91.4 cm³/mol. The number of anilines is 1. The first-order valence-electron chi connectivity index (χ1n) is 8.32. The second-order valence-electron chi connectivity index (χ2n) is 6.34. The second kappa shape index (κ2) is 6.32. The number of carbonyl (C=O) groups is 1. The number of rotatable bonds is 5. The minimum Gasteiger partial charge on any atom is -0.490 e. The third-order valence-electron chi connectivity index (χ3n) is 4.39. The highest BCUT2D eigenvalue weighted by Gasteiger charge is 2.27. The summed E-state index contributed by atoms with van der Waals surface area (Å²) in [5.74, 6) is 1.39. The van der Waals surface area contributed by atoms with Crippen LogP contribution >= 0.6 is 11.3 Å². The Morgan fingerprint density at radius 1 is 1.13 bits per heavy atom. The number of hydrogen-bond donors (Lipinski definition) is 1. The summed E-state index contributed by atoms with van der Waals surface area (Å²) in [5, 5.41) is 4.02. The van der Waals surface area contributed by atoms with Crippen LogP contribution in [0.3, 0.4) is 0 Å². The number of hydrogen-bond acceptors (Lipinski definition) is 4. The number of nitrogens with zero attached hydrogens (tertiary/aromatic N) is 1. The Kier molecular flexibility index (Phi) is 4.04. The van der Waals surface area contributed by atoms with Crippen LogP contribution in [-0.4, -0.2) is 17.0 Å². The Labute approximate surface area is 139 Å². The van der Waals surface area contributed by atoms with E-state index in [-0.39, 0.29) is 5.91 Å². The van der Waals surface area contributed by atoms with Crippen LogP contribution in [0, 0.1) is 0 Å². The van der Waals surface area contributed by atoms with Gasteiger partial charge in [0.05, 0.1) is 17.3 Å². The Bertz CT molecular complexity index is 685. The quantitative estimate of drug-likeness (QED) is 0.873.